The zero-order chi connectivity index (χ0) is 15.5. The summed E-state index contributed by atoms with van der Waals surface area (Å²) in [5, 5.41) is 2.26. The van der Waals surface area contributed by atoms with Crippen molar-refractivity contribution >= 4 is 11.8 Å². The maximum Gasteiger partial charge on any atom is 0.417 e. The van der Waals surface area contributed by atoms with Crippen molar-refractivity contribution in [1.29, 1.82) is 0 Å². The monoisotopic (exact) mass is 300 g/mol. The van der Waals surface area contributed by atoms with Gasteiger partial charge in [0.25, 0.3) is 5.91 Å². The fraction of sp³-hybridized carbons (Fsp3) is 0.429. The van der Waals surface area contributed by atoms with Crippen LogP contribution < -0.4 is 5.32 Å². The van der Waals surface area contributed by atoms with Crippen LogP contribution in [0.2, 0.25) is 0 Å². The van der Waals surface area contributed by atoms with Gasteiger partial charge in [0.1, 0.15) is 0 Å². The van der Waals surface area contributed by atoms with E-state index in [1.165, 1.54) is 12.1 Å². The molecule has 1 fully saturated rings. The van der Waals surface area contributed by atoms with E-state index in [2.05, 4.69) is 5.32 Å². The molecule has 0 aromatic heterocycles. The minimum atomic E-state index is -4.60. The summed E-state index contributed by atoms with van der Waals surface area (Å²) in [5.74, 6) is -1.17. The van der Waals surface area contributed by atoms with Crippen LogP contribution >= 0.6 is 0 Å². The van der Waals surface area contributed by atoms with Crippen LogP contribution in [-0.2, 0) is 11.0 Å². The average molecular weight is 300 g/mol. The molecule has 2 rings (SSSR count). The van der Waals surface area contributed by atoms with Crippen LogP contribution in [0.25, 0.3) is 0 Å². The number of halogens is 3. The van der Waals surface area contributed by atoms with Gasteiger partial charge in [-0.2, -0.15) is 13.2 Å². The minimum absolute atomic E-state index is 0.273. The smallest absolute Gasteiger partial charge is 0.343 e. The number of likely N-dealkylation sites (tertiary alicyclic amines) is 1. The lowest BCUT2D eigenvalue weighted by Crippen LogP contribution is -2.39. The molecule has 0 radical (unpaired) electrons. The van der Waals surface area contributed by atoms with E-state index >= 15 is 0 Å². The van der Waals surface area contributed by atoms with E-state index in [0.717, 1.165) is 25.0 Å². The van der Waals surface area contributed by atoms with Crippen LogP contribution in [-0.4, -0.2) is 36.3 Å². The molecule has 1 N–H and O–H groups in total. The first-order valence-electron chi connectivity index (χ1n) is 6.62. The second-order valence-electron chi connectivity index (χ2n) is 4.81. The number of nitrogens with one attached hydrogen (secondary N) is 1. The van der Waals surface area contributed by atoms with Crippen LogP contribution in [0.1, 0.15) is 28.8 Å². The molecule has 1 aliphatic rings. The fourth-order valence-electron chi connectivity index (χ4n) is 2.26. The first-order valence-corrected chi connectivity index (χ1v) is 6.62. The van der Waals surface area contributed by atoms with Crippen molar-refractivity contribution in [3.63, 3.8) is 0 Å². The second-order valence-corrected chi connectivity index (χ2v) is 4.81. The van der Waals surface area contributed by atoms with E-state index in [1.54, 1.807) is 4.90 Å². The summed E-state index contributed by atoms with van der Waals surface area (Å²) >= 11 is 0. The molecule has 21 heavy (non-hydrogen) atoms. The number of carbonyl (C=O) groups is 2. The van der Waals surface area contributed by atoms with Crippen LogP contribution in [0.4, 0.5) is 13.2 Å². The molecule has 4 nitrogen and oxygen atoms in total. The highest BCUT2D eigenvalue weighted by atomic mass is 19.4. The van der Waals surface area contributed by atoms with Gasteiger partial charge in [-0.05, 0) is 25.0 Å². The fourth-order valence-corrected chi connectivity index (χ4v) is 2.26. The van der Waals surface area contributed by atoms with Gasteiger partial charge in [0.2, 0.25) is 5.91 Å². The molecule has 0 atom stereocenters. The van der Waals surface area contributed by atoms with Gasteiger partial charge in [-0.15, -0.1) is 0 Å². The number of rotatable bonds is 3. The number of nitrogens with zero attached hydrogens (tertiary/aromatic N) is 1. The van der Waals surface area contributed by atoms with E-state index in [4.69, 9.17) is 0 Å². The zero-order valence-electron chi connectivity index (χ0n) is 11.2. The Hall–Kier alpha value is -2.05. The molecular formula is C14H15F3N2O2. The molecule has 1 aliphatic heterocycles. The first-order chi connectivity index (χ1) is 9.89. The highest BCUT2D eigenvalue weighted by molar-refractivity contribution is 5.97. The maximum atomic E-state index is 12.8. The lowest BCUT2D eigenvalue weighted by atomic mass is 10.1. The van der Waals surface area contributed by atoms with Crippen molar-refractivity contribution in [3.8, 4) is 0 Å². The van der Waals surface area contributed by atoms with Crippen molar-refractivity contribution in [2.75, 3.05) is 19.6 Å². The predicted octanol–water partition coefficient (Wildman–Crippen LogP) is 2.06. The third-order valence-corrected chi connectivity index (χ3v) is 3.34. The van der Waals surface area contributed by atoms with Crippen molar-refractivity contribution < 1.29 is 22.8 Å². The molecule has 0 aliphatic carbocycles. The van der Waals surface area contributed by atoms with E-state index < -0.39 is 23.2 Å². The zero-order valence-corrected chi connectivity index (χ0v) is 11.2. The Bertz CT molecular complexity index is 537. The minimum Gasteiger partial charge on any atom is -0.343 e. The van der Waals surface area contributed by atoms with Crippen molar-refractivity contribution in [1.82, 2.24) is 10.2 Å². The molecular weight excluding hydrogens is 285 g/mol. The quantitative estimate of drug-likeness (QED) is 0.929. The summed E-state index contributed by atoms with van der Waals surface area (Å²) < 4.78 is 38.4. The Balaban J connectivity index is 2.02. The first kappa shape index (κ1) is 15.3. The maximum absolute atomic E-state index is 12.8. The van der Waals surface area contributed by atoms with Crippen LogP contribution in [0.3, 0.4) is 0 Å². The number of hydrogen-bond donors (Lipinski definition) is 1. The van der Waals surface area contributed by atoms with Gasteiger partial charge >= 0.3 is 6.18 Å². The molecule has 7 heteroatoms. The van der Waals surface area contributed by atoms with Gasteiger partial charge in [-0.25, -0.2) is 0 Å². The van der Waals surface area contributed by atoms with Gasteiger partial charge < -0.3 is 10.2 Å². The molecule has 0 spiro atoms. The molecule has 1 aromatic rings. The Kier molecular flexibility index (Phi) is 4.50. The number of amides is 2. The lowest BCUT2D eigenvalue weighted by Gasteiger charge is -2.16. The summed E-state index contributed by atoms with van der Waals surface area (Å²) in [5.41, 5.74) is -1.48. The topological polar surface area (TPSA) is 49.4 Å². The molecule has 0 bridgehead atoms. The van der Waals surface area contributed by atoms with Crippen molar-refractivity contribution in [2.24, 2.45) is 0 Å². The number of carbonyl (C=O) groups excluding carboxylic acids is 2. The largest absolute Gasteiger partial charge is 0.417 e. The molecule has 0 unspecified atom stereocenters. The van der Waals surface area contributed by atoms with Gasteiger partial charge in [0, 0.05) is 13.1 Å². The standard InChI is InChI=1S/C14H15F3N2O2/c15-14(16,17)11-6-2-1-5-10(11)13(21)18-9-12(20)19-7-3-4-8-19/h1-2,5-6H,3-4,7-9H2,(H,18,21). The summed E-state index contributed by atoms with van der Waals surface area (Å²) in [6.07, 6.45) is -2.78. The highest BCUT2D eigenvalue weighted by Gasteiger charge is 2.34. The van der Waals surface area contributed by atoms with E-state index in [0.29, 0.717) is 13.1 Å². The van der Waals surface area contributed by atoms with Gasteiger partial charge in [0.05, 0.1) is 17.7 Å². The summed E-state index contributed by atoms with van der Waals surface area (Å²) in [7, 11) is 0. The van der Waals surface area contributed by atoms with Gasteiger partial charge in [-0.3, -0.25) is 9.59 Å². The van der Waals surface area contributed by atoms with E-state index in [-0.39, 0.29) is 12.5 Å². The highest BCUT2D eigenvalue weighted by Crippen LogP contribution is 2.31. The summed E-state index contributed by atoms with van der Waals surface area (Å²) in [4.78, 5) is 25.2. The Morgan fingerprint density at radius 3 is 2.38 bits per heavy atom. The molecule has 0 saturated carbocycles. The van der Waals surface area contributed by atoms with Crippen molar-refractivity contribution in [3.05, 3.63) is 35.4 Å². The number of alkyl halides is 3. The van der Waals surface area contributed by atoms with E-state index in [1.807, 2.05) is 0 Å². The molecule has 114 valence electrons. The number of hydrogen-bond acceptors (Lipinski definition) is 2. The molecule has 1 saturated heterocycles. The van der Waals surface area contributed by atoms with E-state index in [9.17, 15) is 22.8 Å². The predicted molar refractivity (Wildman–Crippen MR) is 69.6 cm³/mol. The van der Waals surface area contributed by atoms with Crippen molar-refractivity contribution in [2.45, 2.75) is 19.0 Å². The Morgan fingerprint density at radius 1 is 1.14 bits per heavy atom. The number of benzene rings is 1. The Labute approximate surface area is 119 Å². The summed E-state index contributed by atoms with van der Waals surface area (Å²) in [6, 6.07) is 4.51. The average Bonchev–Trinajstić information content (AvgIpc) is 2.97. The Morgan fingerprint density at radius 2 is 1.76 bits per heavy atom. The molecule has 1 aromatic carbocycles. The third-order valence-electron chi connectivity index (χ3n) is 3.34. The third kappa shape index (κ3) is 3.74. The SMILES string of the molecule is O=C(NCC(=O)N1CCCC1)c1ccccc1C(F)(F)F. The lowest BCUT2D eigenvalue weighted by molar-refractivity contribution is -0.137. The van der Waals surface area contributed by atoms with Gasteiger partial charge in [-0.1, -0.05) is 12.1 Å². The molecule has 1 heterocycles. The normalized spacial score (nSPS) is 15.1. The molecule has 2 amide bonds. The second kappa shape index (κ2) is 6.15. The van der Waals surface area contributed by atoms with Crippen LogP contribution in [0, 0.1) is 0 Å². The van der Waals surface area contributed by atoms with Crippen LogP contribution in [0.5, 0.6) is 0 Å². The van der Waals surface area contributed by atoms with Gasteiger partial charge in [0.15, 0.2) is 0 Å². The summed E-state index contributed by atoms with van der Waals surface area (Å²) in [6.45, 7) is 0.979. The van der Waals surface area contributed by atoms with Crippen LogP contribution in [0.15, 0.2) is 24.3 Å².